The molecule has 116 valence electrons. The minimum absolute atomic E-state index is 0.0909. The van der Waals surface area contributed by atoms with E-state index < -0.39 is 17.5 Å². The largest absolute Gasteiger partial charge is 0.496 e. The molecule has 1 N–H and O–H groups in total. The molecule has 1 aliphatic heterocycles. The first-order valence-corrected chi connectivity index (χ1v) is 6.78. The lowest BCUT2D eigenvalue weighted by molar-refractivity contribution is -0.115. The molecule has 3 rings (SSSR count). The predicted octanol–water partition coefficient (Wildman–Crippen LogP) is 2.89. The number of carbonyl (C=O) groups is 1. The van der Waals surface area contributed by atoms with Crippen LogP contribution >= 0.6 is 0 Å². The van der Waals surface area contributed by atoms with Gasteiger partial charge in [-0.25, -0.2) is 13.8 Å². The summed E-state index contributed by atoms with van der Waals surface area (Å²) in [7, 11) is 1.45. The Morgan fingerprint density at radius 1 is 1.13 bits per heavy atom. The number of methoxy groups -OCH3 is 1. The normalized spacial score (nSPS) is 15.5. The standard InChI is InChI=1S/C17H12F2N2O2/c1-23-15-6-5-13(19)8-11(15)9-14-17(22)21-16(20-14)10-3-2-4-12(18)7-10/h2-9H,1H3,(H,20,21,22)/b14-9+. The minimum Gasteiger partial charge on any atom is -0.496 e. The summed E-state index contributed by atoms with van der Waals surface area (Å²) in [5, 5.41) is 2.56. The highest BCUT2D eigenvalue weighted by Crippen LogP contribution is 2.24. The fraction of sp³-hybridized carbons (Fsp3) is 0.0588. The van der Waals surface area contributed by atoms with E-state index in [9.17, 15) is 13.6 Å². The van der Waals surface area contributed by atoms with Crippen LogP contribution in [0.1, 0.15) is 11.1 Å². The molecule has 0 spiro atoms. The van der Waals surface area contributed by atoms with Crippen LogP contribution in [0.15, 0.2) is 53.2 Å². The van der Waals surface area contributed by atoms with Gasteiger partial charge < -0.3 is 10.1 Å². The van der Waals surface area contributed by atoms with Gasteiger partial charge in [-0.15, -0.1) is 0 Å². The molecule has 0 bridgehead atoms. The Morgan fingerprint density at radius 3 is 2.65 bits per heavy atom. The summed E-state index contributed by atoms with van der Waals surface area (Å²) in [4.78, 5) is 16.2. The van der Waals surface area contributed by atoms with Crippen molar-refractivity contribution < 1.29 is 18.3 Å². The van der Waals surface area contributed by atoms with Crippen molar-refractivity contribution in [2.45, 2.75) is 0 Å². The summed E-state index contributed by atoms with van der Waals surface area (Å²) >= 11 is 0. The summed E-state index contributed by atoms with van der Waals surface area (Å²) in [5.74, 6) is -0.665. The van der Waals surface area contributed by atoms with Gasteiger partial charge in [-0.05, 0) is 36.4 Å². The van der Waals surface area contributed by atoms with Crippen molar-refractivity contribution in [1.29, 1.82) is 0 Å². The molecular weight excluding hydrogens is 302 g/mol. The molecule has 1 amide bonds. The summed E-state index contributed by atoms with van der Waals surface area (Å²) in [6.07, 6.45) is 1.42. The predicted molar refractivity (Wildman–Crippen MR) is 82.0 cm³/mol. The van der Waals surface area contributed by atoms with Gasteiger partial charge in [0.2, 0.25) is 0 Å². The number of rotatable bonds is 3. The highest BCUT2D eigenvalue weighted by Gasteiger charge is 2.22. The van der Waals surface area contributed by atoms with Crippen LogP contribution in [0, 0.1) is 11.6 Å². The quantitative estimate of drug-likeness (QED) is 0.886. The third-order valence-electron chi connectivity index (χ3n) is 3.28. The number of amides is 1. The first-order valence-electron chi connectivity index (χ1n) is 6.78. The average Bonchev–Trinajstić information content (AvgIpc) is 2.89. The number of hydrogen-bond acceptors (Lipinski definition) is 3. The lowest BCUT2D eigenvalue weighted by Crippen LogP contribution is -2.24. The Labute approximate surface area is 131 Å². The second kappa shape index (κ2) is 6.00. The molecule has 1 heterocycles. The summed E-state index contributed by atoms with van der Waals surface area (Å²) < 4.78 is 31.8. The van der Waals surface area contributed by atoms with Crippen LogP contribution in [0.4, 0.5) is 8.78 Å². The minimum atomic E-state index is -0.453. The van der Waals surface area contributed by atoms with E-state index in [-0.39, 0.29) is 11.5 Å². The van der Waals surface area contributed by atoms with E-state index >= 15 is 0 Å². The van der Waals surface area contributed by atoms with E-state index in [4.69, 9.17) is 4.74 Å². The summed E-state index contributed by atoms with van der Waals surface area (Å²) in [6.45, 7) is 0. The highest BCUT2D eigenvalue weighted by molar-refractivity contribution is 6.19. The van der Waals surface area contributed by atoms with Gasteiger partial charge >= 0.3 is 0 Å². The van der Waals surface area contributed by atoms with Crippen LogP contribution in [0.3, 0.4) is 0 Å². The van der Waals surface area contributed by atoms with Crippen LogP contribution < -0.4 is 10.1 Å². The van der Waals surface area contributed by atoms with Crippen LogP contribution in [0.5, 0.6) is 5.75 Å². The molecule has 0 radical (unpaired) electrons. The summed E-state index contributed by atoms with van der Waals surface area (Å²) in [5.41, 5.74) is 0.933. The molecule has 2 aromatic rings. The van der Waals surface area contributed by atoms with E-state index in [1.165, 1.54) is 49.6 Å². The molecule has 0 fully saturated rings. The van der Waals surface area contributed by atoms with E-state index in [0.29, 0.717) is 16.9 Å². The van der Waals surface area contributed by atoms with Gasteiger partial charge in [0.05, 0.1) is 7.11 Å². The first kappa shape index (κ1) is 14.9. The van der Waals surface area contributed by atoms with Gasteiger partial charge in [0, 0.05) is 11.1 Å². The maximum Gasteiger partial charge on any atom is 0.275 e. The van der Waals surface area contributed by atoms with Crippen molar-refractivity contribution in [2.24, 2.45) is 4.99 Å². The molecular formula is C17H12F2N2O2. The van der Waals surface area contributed by atoms with Crippen molar-refractivity contribution in [3.8, 4) is 5.75 Å². The number of halogens is 2. The smallest absolute Gasteiger partial charge is 0.275 e. The second-order valence-corrected chi connectivity index (χ2v) is 4.84. The van der Waals surface area contributed by atoms with Crippen molar-refractivity contribution in [3.05, 3.63) is 70.9 Å². The summed E-state index contributed by atoms with van der Waals surface area (Å²) in [6, 6.07) is 9.70. The number of amidine groups is 1. The van der Waals surface area contributed by atoms with E-state index in [1.54, 1.807) is 6.07 Å². The Balaban J connectivity index is 2.00. The van der Waals surface area contributed by atoms with Crippen molar-refractivity contribution in [1.82, 2.24) is 5.32 Å². The zero-order valence-electron chi connectivity index (χ0n) is 12.1. The number of hydrogen-bond donors (Lipinski definition) is 1. The first-order chi connectivity index (χ1) is 11.1. The number of nitrogens with zero attached hydrogens (tertiary/aromatic N) is 1. The molecule has 0 aliphatic carbocycles. The van der Waals surface area contributed by atoms with Gasteiger partial charge in [0.15, 0.2) is 0 Å². The van der Waals surface area contributed by atoms with E-state index in [2.05, 4.69) is 10.3 Å². The molecule has 6 heteroatoms. The maximum atomic E-state index is 13.4. The van der Waals surface area contributed by atoms with Crippen molar-refractivity contribution >= 4 is 17.8 Å². The molecule has 0 atom stereocenters. The average molecular weight is 314 g/mol. The fourth-order valence-corrected chi connectivity index (χ4v) is 2.21. The Hall–Kier alpha value is -3.02. The number of nitrogens with one attached hydrogen (secondary N) is 1. The van der Waals surface area contributed by atoms with Crippen LogP contribution in [-0.4, -0.2) is 18.9 Å². The van der Waals surface area contributed by atoms with Crippen LogP contribution in [0.2, 0.25) is 0 Å². The molecule has 0 saturated heterocycles. The van der Waals surface area contributed by atoms with Gasteiger partial charge in [-0.1, -0.05) is 12.1 Å². The van der Waals surface area contributed by atoms with E-state index in [1.807, 2.05) is 0 Å². The molecule has 0 saturated carbocycles. The van der Waals surface area contributed by atoms with Gasteiger partial charge in [-0.3, -0.25) is 4.79 Å². The zero-order chi connectivity index (χ0) is 16.4. The lowest BCUT2D eigenvalue weighted by atomic mass is 10.1. The van der Waals surface area contributed by atoms with E-state index in [0.717, 1.165) is 0 Å². The monoisotopic (exact) mass is 314 g/mol. The van der Waals surface area contributed by atoms with Gasteiger partial charge in [0.25, 0.3) is 5.91 Å². The van der Waals surface area contributed by atoms with Crippen molar-refractivity contribution in [3.63, 3.8) is 0 Å². The number of benzene rings is 2. The highest BCUT2D eigenvalue weighted by atomic mass is 19.1. The Bertz CT molecular complexity index is 844. The number of aliphatic imine (C=N–C) groups is 1. The van der Waals surface area contributed by atoms with Gasteiger partial charge in [0.1, 0.15) is 28.9 Å². The second-order valence-electron chi connectivity index (χ2n) is 4.84. The van der Waals surface area contributed by atoms with Gasteiger partial charge in [-0.2, -0.15) is 0 Å². The molecule has 23 heavy (non-hydrogen) atoms. The maximum absolute atomic E-state index is 13.4. The van der Waals surface area contributed by atoms with Crippen LogP contribution in [-0.2, 0) is 4.79 Å². The topological polar surface area (TPSA) is 50.7 Å². The lowest BCUT2D eigenvalue weighted by Gasteiger charge is -2.04. The number of carbonyl (C=O) groups excluding carboxylic acids is 1. The SMILES string of the molecule is COc1ccc(F)cc1/C=C1/N=C(c2cccc(F)c2)NC1=O. The number of ether oxygens (including phenoxy) is 1. The Morgan fingerprint density at radius 2 is 1.91 bits per heavy atom. The Kier molecular flexibility index (Phi) is 3.89. The molecule has 0 aromatic heterocycles. The van der Waals surface area contributed by atoms with Crippen molar-refractivity contribution in [2.75, 3.05) is 7.11 Å². The molecule has 2 aromatic carbocycles. The van der Waals surface area contributed by atoms with Crippen LogP contribution in [0.25, 0.3) is 6.08 Å². The molecule has 4 nitrogen and oxygen atoms in total. The molecule has 1 aliphatic rings. The molecule has 0 unspecified atom stereocenters. The third kappa shape index (κ3) is 3.11. The third-order valence-corrected chi connectivity index (χ3v) is 3.28. The zero-order valence-corrected chi connectivity index (χ0v) is 12.1. The fourth-order valence-electron chi connectivity index (χ4n) is 2.21.